The zero-order chi connectivity index (χ0) is 23.4. The molecule has 0 bridgehead atoms. The highest BCUT2D eigenvalue weighted by Gasteiger charge is 2.16. The smallest absolute Gasteiger partial charge is 0.144 e. The van der Waals surface area contributed by atoms with Crippen LogP contribution in [0.15, 0.2) is 83.4 Å². The number of halogens is 1. The van der Waals surface area contributed by atoms with Crippen LogP contribution in [0.3, 0.4) is 0 Å². The zero-order valence-corrected chi connectivity index (χ0v) is 17.7. The summed E-state index contributed by atoms with van der Waals surface area (Å²) in [7, 11) is 0. The van der Waals surface area contributed by atoms with Gasteiger partial charge in [-0.25, -0.2) is 4.39 Å². The number of nitrogens with zero attached hydrogens (tertiary/aromatic N) is 1. The third-order valence-electron chi connectivity index (χ3n) is 5.23. The quantitative estimate of drug-likeness (QED) is 0.300. The van der Waals surface area contributed by atoms with Gasteiger partial charge >= 0.3 is 0 Å². The van der Waals surface area contributed by atoms with Gasteiger partial charge in [0.2, 0.25) is 0 Å². The standard InChI is InChI=1S/C28H24FNO/c1-28(2,3)17-18-13-14-30-25(15-18)24-6-4-5-23-22-12-9-20(16-26(22)31-27(23)24)19-7-10-21(29)11-8-19/h4-16H,17H2,1-3H3/i17D2. The van der Waals surface area contributed by atoms with Crippen molar-refractivity contribution in [1.29, 1.82) is 0 Å². The van der Waals surface area contributed by atoms with E-state index < -0.39 is 11.8 Å². The molecule has 3 heteroatoms. The van der Waals surface area contributed by atoms with Crippen LogP contribution in [0.1, 0.15) is 29.1 Å². The van der Waals surface area contributed by atoms with E-state index in [1.54, 1.807) is 24.4 Å². The zero-order valence-electron chi connectivity index (χ0n) is 19.7. The Labute approximate surface area is 184 Å². The van der Waals surface area contributed by atoms with Crippen molar-refractivity contribution < 1.29 is 11.5 Å². The largest absolute Gasteiger partial charge is 0.455 e. The van der Waals surface area contributed by atoms with E-state index in [0.29, 0.717) is 16.8 Å². The third-order valence-corrected chi connectivity index (χ3v) is 5.23. The Morgan fingerprint density at radius 1 is 0.903 bits per heavy atom. The molecule has 154 valence electrons. The Hall–Kier alpha value is -3.46. The molecule has 0 saturated carbocycles. The average molecular weight is 412 g/mol. The van der Waals surface area contributed by atoms with Crippen molar-refractivity contribution in [3.8, 4) is 22.4 Å². The summed E-state index contributed by atoms with van der Waals surface area (Å²) in [5.41, 5.74) is 4.83. The summed E-state index contributed by atoms with van der Waals surface area (Å²) in [6, 6.07) is 21.9. The summed E-state index contributed by atoms with van der Waals surface area (Å²) in [5, 5.41) is 1.96. The van der Waals surface area contributed by atoms with Gasteiger partial charge in [-0.3, -0.25) is 4.98 Å². The predicted molar refractivity (Wildman–Crippen MR) is 126 cm³/mol. The van der Waals surface area contributed by atoms with Crippen molar-refractivity contribution in [3.63, 3.8) is 0 Å². The number of rotatable bonds is 3. The first kappa shape index (κ1) is 17.2. The Morgan fingerprint density at radius 2 is 1.68 bits per heavy atom. The third kappa shape index (κ3) is 3.84. The van der Waals surface area contributed by atoms with E-state index in [0.717, 1.165) is 33.0 Å². The van der Waals surface area contributed by atoms with Gasteiger partial charge in [0.1, 0.15) is 17.0 Å². The number of pyridine rings is 1. The highest BCUT2D eigenvalue weighted by molar-refractivity contribution is 6.10. The SMILES string of the molecule is [2H]C([2H])(c1ccnc(-c2cccc3c2oc2cc(-c4ccc(F)cc4)ccc23)c1)C(C)(C)C. The molecule has 0 atom stereocenters. The van der Waals surface area contributed by atoms with Gasteiger partial charge in [-0.2, -0.15) is 0 Å². The number of furan rings is 1. The van der Waals surface area contributed by atoms with Gasteiger partial charge in [0.15, 0.2) is 0 Å². The second-order valence-electron chi connectivity index (χ2n) is 8.81. The number of benzene rings is 3. The van der Waals surface area contributed by atoms with Crippen LogP contribution in [-0.4, -0.2) is 4.98 Å². The summed E-state index contributed by atoms with van der Waals surface area (Å²) in [6.45, 7) is 5.68. The van der Waals surface area contributed by atoms with Gasteiger partial charge in [0, 0.05) is 25.3 Å². The first-order chi connectivity index (χ1) is 15.6. The fourth-order valence-corrected chi connectivity index (χ4v) is 3.91. The minimum atomic E-state index is -1.52. The van der Waals surface area contributed by atoms with Crippen molar-refractivity contribution in [1.82, 2.24) is 4.98 Å². The highest BCUT2D eigenvalue weighted by Crippen LogP contribution is 2.37. The minimum absolute atomic E-state index is 0.265. The lowest BCUT2D eigenvalue weighted by atomic mass is 9.88. The molecule has 3 aromatic carbocycles. The van der Waals surface area contributed by atoms with Crippen LogP contribution in [0.4, 0.5) is 4.39 Å². The number of fused-ring (bicyclic) bond motifs is 3. The van der Waals surface area contributed by atoms with Crippen molar-refractivity contribution in [2.45, 2.75) is 27.1 Å². The van der Waals surface area contributed by atoms with Gasteiger partial charge in [-0.05, 0) is 70.9 Å². The van der Waals surface area contributed by atoms with Crippen LogP contribution in [0.2, 0.25) is 0 Å². The number of hydrogen-bond acceptors (Lipinski definition) is 2. The molecule has 2 nitrogen and oxygen atoms in total. The molecule has 5 rings (SSSR count). The molecule has 31 heavy (non-hydrogen) atoms. The Balaban J connectivity index is 1.65. The minimum Gasteiger partial charge on any atom is -0.455 e. The van der Waals surface area contributed by atoms with E-state index in [1.165, 1.54) is 12.1 Å². The molecule has 0 aliphatic rings. The van der Waals surface area contributed by atoms with Gasteiger partial charge < -0.3 is 4.42 Å². The molecule has 0 amide bonds. The molecule has 0 saturated heterocycles. The number of hydrogen-bond donors (Lipinski definition) is 0. The van der Waals surface area contributed by atoms with E-state index in [9.17, 15) is 4.39 Å². The molecule has 0 radical (unpaired) electrons. The van der Waals surface area contributed by atoms with Crippen molar-refractivity contribution in [3.05, 3.63) is 90.4 Å². The van der Waals surface area contributed by atoms with Crippen LogP contribution >= 0.6 is 0 Å². The maximum Gasteiger partial charge on any atom is 0.144 e. The van der Waals surface area contributed by atoms with E-state index in [1.807, 2.05) is 63.2 Å². The lowest BCUT2D eigenvalue weighted by molar-refractivity contribution is 0.411. The molecule has 2 heterocycles. The molecule has 2 aromatic heterocycles. The number of para-hydroxylation sites is 1. The van der Waals surface area contributed by atoms with E-state index >= 15 is 0 Å². The van der Waals surface area contributed by atoms with Gasteiger partial charge in [-0.15, -0.1) is 0 Å². The second kappa shape index (κ2) is 7.35. The molecular formula is C28H24FNO. The Morgan fingerprint density at radius 3 is 2.45 bits per heavy atom. The van der Waals surface area contributed by atoms with Crippen LogP contribution < -0.4 is 0 Å². The van der Waals surface area contributed by atoms with Gasteiger partial charge in [0.05, 0.1) is 5.69 Å². The van der Waals surface area contributed by atoms with Crippen LogP contribution in [0, 0.1) is 11.2 Å². The summed E-state index contributed by atoms with van der Waals surface area (Å²) < 4.78 is 36.9. The molecule has 0 unspecified atom stereocenters. The van der Waals surface area contributed by atoms with Gasteiger partial charge in [0.25, 0.3) is 0 Å². The molecule has 0 fully saturated rings. The van der Waals surface area contributed by atoms with E-state index in [4.69, 9.17) is 7.16 Å². The molecule has 0 spiro atoms. The Kier molecular flexibility index (Phi) is 4.09. The summed E-state index contributed by atoms with van der Waals surface area (Å²) in [6.07, 6.45) is 0.138. The van der Waals surface area contributed by atoms with Crippen molar-refractivity contribution >= 4 is 21.9 Å². The lowest BCUT2D eigenvalue weighted by Crippen LogP contribution is -2.09. The van der Waals surface area contributed by atoms with Crippen molar-refractivity contribution in [2.24, 2.45) is 5.41 Å². The summed E-state index contributed by atoms with van der Waals surface area (Å²) in [4.78, 5) is 4.54. The highest BCUT2D eigenvalue weighted by atomic mass is 19.1. The van der Waals surface area contributed by atoms with Crippen molar-refractivity contribution in [2.75, 3.05) is 0 Å². The predicted octanol–water partition coefficient (Wildman–Crippen LogP) is 8.04. The monoisotopic (exact) mass is 411 g/mol. The first-order valence-electron chi connectivity index (χ1n) is 11.3. The lowest BCUT2D eigenvalue weighted by Gasteiger charge is -2.18. The molecular weight excluding hydrogens is 385 g/mol. The van der Waals surface area contributed by atoms with E-state index in [-0.39, 0.29) is 5.82 Å². The topological polar surface area (TPSA) is 26.0 Å². The molecule has 0 aliphatic heterocycles. The maximum absolute atomic E-state index is 13.3. The first-order valence-corrected chi connectivity index (χ1v) is 10.3. The fourth-order valence-electron chi connectivity index (χ4n) is 3.91. The molecule has 5 aromatic rings. The summed E-state index contributed by atoms with van der Waals surface area (Å²) >= 11 is 0. The molecule has 0 aliphatic carbocycles. The maximum atomic E-state index is 13.3. The van der Waals surface area contributed by atoms with Crippen LogP contribution in [-0.2, 0) is 6.37 Å². The average Bonchev–Trinajstić information content (AvgIpc) is 3.17. The molecule has 0 N–H and O–H groups in total. The normalized spacial score (nSPS) is 13.4. The van der Waals surface area contributed by atoms with E-state index in [2.05, 4.69) is 4.98 Å². The number of aromatic nitrogens is 1. The fraction of sp³-hybridized carbons (Fsp3) is 0.179. The second-order valence-corrected chi connectivity index (χ2v) is 8.81. The summed E-state index contributed by atoms with van der Waals surface area (Å²) in [5.74, 6) is -0.265. The van der Waals surface area contributed by atoms with Crippen LogP contribution in [0.5, 0.6) is 0 Å². The Bertz CT molecular complexity index is 1480. The van der Waals surface area contributed by atoms with Crippen LogP contribution in [0.25, 0.3) is 44.3 Å². The van der Waals surface area contributed by atoms with Gasteiger partial charge in [-0.1, -0.05) is 51.1 Å².